The van der Waals surface area contributed by atoms with E-state index in [4.69, 9.17) is 0 Å². The van der Waals surface area contributed by atoms with Gasteiger partial charge in [-0.25, -0.2) is 9.37 Å². The molecule has 2 heterocycles. The minimum atomic E-state index is -0.675. The van der Waals surface area contributed by atoms with Crippen LogP contribution in [0.5, 0.6) is 0 Å². The summed E-state index contributed by atoms with van der Waals surface area (Å²) in [7, 11) is 1.54. The lowest BCUT2D eigenvalue weighted by atomic mass is 10.0. The van der Waals surface area contributed by atoms with Crippen LogP contribution in [-0.2, 0) is 18.3 Å². The van der Waals surface area contributed by atoms with E-state index in [0.29, 0.717) is 42.7 Å². The van der Waals surface area contributed by atoms with Gasteiger partial charge in [0.25, 0.3) is 17.4 Å². The first kappa shape index (κ1) is 30.3. The topological polar surface area (TPSA) is 113 Å². The number of hydrogen-bond acceptors (Lipinski definition) is 6. The summed E-state index contributed by atoms with van der Waals surface area (Å²) >= 11 is 0. The molecule has 3 aromatic carbocycles. The number of benzene rings is 3. The van der Waals surface area contributed by atoms with Gasteiger partial charge < -0.3 is 20.1 Å². The predicted molar refractivity (Wildman–Crippen MR) is 168 cm³/mol. The number of halogens is 1. The van der Waals surface area contributed by atoms with Crippen molar-refractivity contribution in [2.45, 2.75) is 39.0 Å². The lowest BCUT2D eigenvalue weighted by Crippen LogP contribution is -2.38. The monoisotopic (exact) mass is 595 g/mol. The number of Topliss-reactive ketones (excluding diaryl/α,β-unsaturated/α-hetero) is 1. The summed E-state index contributed by atoms with van der Waals surface area (Å²) in [6.07, 6.45) is 4.83. The average molecular weight is 596 g/mol. The normalized spacial score (nSPS) is 13.1. The number of likely N-dealkylation sites (tertiary alicyclic amines) is 1. The summed E-state index contributed by atoms with van der Waals surface area (Å²) in [5, 5.41) is 5.68. The van der Waals surface area contributed by atoms with Crippen LogP contribution in [0.3, 0.4) is 0 Å². The molecule has 1 aromatic heterocycles. The zero-order chi connectivity index (χ0) is 31.2. The molecular formula is C34H34FN5O4. The van der Waals surface area contributed by atoms with E-state index in [0.717, 1.165) is 24.8 Å². The molecule has 2 amide bonds. The third-order valence-electron chi connectivity index (χ3n) is 7.66. The number of aromatic nitrogens is 2. The maximum atomic E-state index is 15.8. The van der Waals surface area contributed by atoms with Gasteiger partial charge in [-0.1, -0.05) is 37.6 Å². The third-order valence-corrected chi connectivity index (χ3v) is 7.66. The molecule has 2 N–H and O–H groups in total. The largest absolute Gasteiger partial charge is 0.338 e. The van der Waals surface area contributed by atoms with Crippen LogP contribution >= 0.6 is 0 Å². The van der Waals surface area contributed by atoms with Gasteiger partial charge in [0.05, 0.1) is 11.4 Å². The van der Waals surface area contributed by atoms with Crippen LogP contribution in [0.25, 0.3) is 11.3 Å². The second kappa shape index (κ2) is 13.5. The summed E-state index contributed by atoms with van der Waals surface area (Å²) in [5.41, 5.74) is 2.26. The molecule has 0 atom stereocenters. The zero-order valence-corrected chi connectivity index (χ0v) is 24.7. The molecule has 5 rings (SSSR count). The Morgan fingerprint density at radius 1 is 0.955 bits per heavy atom. The fourth-order valence-corrected chi connectivity index (χ4v) is 5.14. The number of ketones is 1. The molecule has 0 bridgehead atoms. The highest BCUT2D eigenvalue weighted by Crippen LogP contribution is 2.28. The Labute approximate surface area is 254 Å². The van der Waals surface area contributed by atoms with Gasteiger partial charge in [0.1, 0.15) is 5.78 Å². The quantitative estimate of drug-likeness (QED) is 0.256. The Hall–Kier alpha value is -5.12. The second-order valence-corrected chi connectivity index (χ2v) is 10.8. The number of piperidine rings is 1. The van der Waals surface area contributed by atoms with Crippen LogP contribution < -0.4 is 16.2 Å². The van der Waals surface area contributed by atoms with Gasteiger partial charge in [-0.2, -0.15) is 0 Å². The van der Waals surface area contributed by atoms with Crippen molar-refractivity contribution in [1.82, 2.24) is 14.5 Å². The molecule has 9 nitrogen and oxygen atoms in total. The number of carbonyl (C=O) groups excluding carboxylic acids is 3. The van der Waals surface area contributed by atoms with E-state index < -0.39 is 17.3 Å². The van der Waals surface area contributed by atoms with Gasteiger partial charge >= 0.3 is 0 Å². The van der Waals surface area contributed by atoms with E-state index in [1.165, 1.54) is 22.9 Å². The van der Waals surface area contributed by atoms with Crippen LogP contribution in [0.1, 0.15) is 58.9 Å². The molecule has 1 aliphatic heterocycles. The number of aryl methyl sites for hydroxylation is 2. The molecule has 10 heteroatoms. The van der Waals surface area contributed by atoms with Crippen molar-refractivity contribution in [3.05, 3.63) is 106 Å². The Balaban J connectivity index is 1.36. The number of nitrogens with zero attached hydrogens (tertiary/aromatic N) is 3. The number of carbonyl (C=O) groups is 3. The molecule has 1 fully saturated rings. The number of hydrogen-bond donors (Lipinski definition) is 2. The number of unbranched alkanes of at least 4 members (excludes halogenated alkanes) is 1. The molecule has 44 heavy (non-hydrogen) atoms. The van der Waals surface area contributed by atoms with Crippen molar-refractivity contribution >= 4 is 34.8 Å². The first-order valence-corrected chi connectivity index (χ1v) is 14.7. The maximum absolute atomic E-state index is 15.8. The first-order valence-electron chi connectivity index (χ1n) is 14.7. The van der Waals surface area contributed by atoms with Gasteiger partial charge in [0.15, 0.2) is 11.6 Å². The van der Waals surface area contributed by atoms with Gasteiger partial charge in [-0.05, 0) is 60.9 Å². The number of amides is 2. The Bertz CT molecular complexity index is 1760. The SMILES string of the molecule is CCCCc1ccccc1C(=O)Nc1cccc(-c2cn(C)c(=O)c(Nc3ccc(C(=O)N4CCC(=O)CC4)cc3)n2)c1F. The highest BCUT2D eigenvalue weighted by Gasteiger charge is 2.22. The lowest BCUT2D eigenvalue weighted by Gasteiger charge is -2.26. The lowest BCUT2D eigenvalue weighted by molar-refractivity contribution is -0.120. The Morgan fingerprint density at radius 3 is 2.41 bits per heavy atom. The van der Waals surface area contributed by atoms with E-state index in [2.05, 4.69) is 22.5 Å². The van der Waals surface area contributed by atoms with E-state index in [-0.39, 0.29) is 34.5 Å². The number of anilines is 3. The average Bonchev–Trinajstić information content (AvgIpc) is 3.03. The predicted octanol–water partition coefficient (Wildman–Crippen LogP) is 5.73. The van der Waals surface area contributed by atoms with Crippen molar-refractivity contribution in [3.8, 4) is 11.3 Å². The molecule has 226 valence electrons. The molecule has 4 aromatic rings. The highest BCUT2D eigenvalue weighted by atomic mass is 19.1. The molecule has 0 aliphatic carbocycles. The van der Waals surface area contributed by atoms with Crippen molar-refractivity contribution in [2.75, 3.05) is 23.7 Å². The number of rotatable bonds is 9. The molecule has 0 spiro atoms. The van der Waals surface area contributed by atoms with Gasteiger partial charge in [-0.15, -0.1) is 0 Å². The summed E-state index contributed by atoms with van der Waals surface area (Å²) < 4.78 is 17.1. The molecule has 1 saturated heterocycles. The maximum Gasteiger partial charge on any atom is 0.293 e. The molecule has 0 saturated carbocycles. The van der Waals surface area contributed by atoms with Crippen LogP contribution in [-0.4, -0.2) is 45.1 Å². The van der Waals surface area contributed by atoms with Crippen molar-refractivity contribution in [1.29, 1.82) is 0 Å². The van der Waals surface area contributed by atoms with E-state index in [9.17, 15) is 19.2 Å². The van der Waals surface area contributed by atoms with Crippen LogP contribution in [0, 0.1) is 5.82 Å². The minimum absolute atomic E-state index is 0.00119. The van der Waals surface area contributed by atoms with Crippen molar-refractivity contribution in [2.24, 2.45) is 7.05 Å². The molecule has 0 unspecified atom stereocenters. The summed E-state index contributed by atoms with van der Waals surface area (Å²) in [5.74, 6) is -1.11. The van der Waals surface area contributed by atoms with Crippen molar-refractivity contribution < 1.29 is 18.8 Å². The summed E-state index contributed by atoms with van der Waals surface area (Å²) in [6, 6.07) is 18.5. The van der Waals surface area contributed by atoms with Crippen molar-refractivity contribution in [3.63, 3.8) is 0 Å². The standard InChI is InChI=1S/C34H34FN5O4/c1-3-4-8-22-9-5-6-10-26(22)32(42)38-28-12-7-11-27(30(28)35)29-21-39(2)34(44)31(37-29)36-24-15-13-23(14-16-24)33(43)40-19-17-25(41)18-20-40/h5-7,9-16,21H,3-4,8,17-20H2,1-2H3,(H,36,37)(H,38,42). The van der Waals surface area contributed by atoms with Crippen LogP contribution in [0.2, 0.25) is 0 Å². The Morgan fingerprint density at radius 2 is 1.68 bits per heavy atom. The summed E-state index contributed by atoms with van der Waals surface area (Å²) in [6.45, 7) is 2.88. The fourth-order valence-electron chi connectivity index (χ4n) is 5.14. The van der Waals surface area contributed by atoms with Gasteiger partial charge in [0, 0.05) is 61.6 Å². The third kappa shape index (κ3) is 6.75. The minimum Gasteiger partial charge on any atom is -0.338 e. The first-order chi connectivity index (χ1) is 21.2. The van der Waals surface area contributed by atoms with Gasteiger partial charge in [0.2, 0.25) is 0 Å². The molecule has 0 radical (unpaired) electrons. The van der Waals surface area contributed by atoms with Crippen LogP contribution in [0.4, 0.5) is 21.6 Å². The molecular weight excluding hydrogens is 561 g/mol. The van der Waals surface area contributed by atoms with E-state index in [1.807, 2.05) is 12.1 Å². The smallest absolute Gasteiger partial charge is 0.293 e. The van der Waals surface area contributed by atoms with E-state index in [1.54, 1.807) is 54.4 Å². The van der Waals surface area contributed by atoms with Gasteiger partial charge in [-0.3, -0.25) is 19.2 Å². The second-order valence-electron chi connectivity index (χ2n) is 10.8. The Kier molecular flexibility index (Phi) is 9.28. The highest BCUT2D eigenvalue weighted by molar-refractivity contribution is 6.05. The molecule has 1 aliphatic rings. The van der Waals surface area contributed by atoms with E-state index >= 15 is 4.39 Å². The van der Waals surface area contributed by atoms with Crippen LogP contribution in [0.15, 0.2) is 77.7 Å². The number of nitrogens with one attached hydrogen (secondary N) is 2. The summed E-state index contributed by atoms with van der Waals surface area (Å²) in [4.78, 5) is 56.5. The fraction of sp³-hybridized carbons (Fsp3) is 0.265. The zero-order valence-electron chi connectivity index (χ0n) is 24.7.